The number of hydrogen-bond donors (Lipinski definition) is 1. The van der Waals surface area contributed by atoms with Crippen LogP contribution in [0.1, 0.15) is 50.7 Å². The highest BCUT2D eigenvalue weighted by atomic mass is 16.5. The van der Waals surface area contributed by atoms with Crippen LogP contribution < -0.4 is 14.8 Å². The van der Waals surface area contributed by atoms with Gasteiger partial charge >= 0.3 is 0 Å². The van der Waals surface area contributed by atoms with E-state index in [1.807, 2.05) is 49.4 Å². The zero-order valence-corrected chi connectivity index (χ0v) is 19.9. The SMILES string of the molecule is CCCC(=O)Nc1ccc(CCN2N=C(c3ccc(OC)c(OC)c3)C(CC)CC2=O)cc1. The lowest BCUT2D eigenvalue weighted by Gasteiger charge is -2.29. The standard InChI is InChI=1S/C26H33N3O4/c1-5-7-24(30)27-21-11-8-18(9-12-21)14-15-29-25(31)17-19(6-2)26(28-29)20-10-13-22(32-3)23(16-20)33-4/h8-13,16,19H,5-7,14-15,17H2,1-4H3,(H,27,30). The van der Waals surface area contributed by atoms with Gasteiger partial charge in [0.25, 0.3) is 0 Å². The highest BCUT2D eigenvalue weighted by Crippen LogP contribution is 2.31. The average Bonchev–Trinajstić information content (AvgIpc) is 2.83. The summed E-state index contributed by atoms with van der Waals surface area (Å²) in [5.74, 6) is 1.43. The third-order valence-electron chi connectivity index (χ3n) is 5.82. The monoisotopic (exact) mass is 451 g/mol. The predicted octanol–water partition coefficient (Wildman–Crippen LogP) is 4.65. The molecule has 1 atom stereocenters. The third kappa shape index (κ3) is 6.12. The van der Waals surface area contributed by atoms with Gasteiger partial charge in [0, 0.05) is 36.6 Å². The molecule has 1 heterocycles. The lowest BCUT2D eigenvalue weighted by Crippen LogP contribution is -2.38. The van der Waals surface area contributed by atoms with Gasteiger partial charge in [-0.3, -0.25) is 9.59 Å². The summed E-state index contributed by atoms with van der Waals surface area (Å²) in [4.78, 5) is 24.5. The maximum atomic E-state index is 12.7. The molecule has 33 heavy (non-hydrogen) atoms. The largest absolute Gasteiger partial charge is 0.493 e. The summed E-state index contributed by atoms with van der Waals surface area (Å²) in [5, 5.41) is 9.23. The fourth-order valence-electron chi connectivity index (χ4n) is 3.92. The molecule has 0 bridgehead atoms. The lowest BCUT2D eigenvalue weighted by atomic mass is 9.89. The van der Waals surface area contributed by atoms with Gasteiger partial charge in [-0.05, 0) is 55.2 Å². The second-order valence-electron chi connectivity index (χ2n) is 8.13. The van der Waals surface area contributed by atoms with E-state index in [2.05, 4.69) is 12.2 Å². The van der Waals surface area contributed by atoms with Gasteiger partial charge in [-0.15, -0.1) is 0 Å². The molecule has 0 radical (unpaired) electrons. The van der Waals surface area contributed by atoms with Crippen molar-refractivity contribution in [3.63, 3.8) is 0 Å². The number of nitrogens with zero attached hydrogens (tertiary/aromatic N) is 2. The molecule has 7 heteroatoms. The van der Waals surface area contributed by atoms with Crippen molar-refractivity contribution in [1.29, 1.82) is 0 Å². The molecule has 0 saturated heterocycles. The van der Waals surface area contributed by atoms with Gasteiger partial charge in [-0.25, -0.2) is 5.01 Å². The second kappa shape index (κ2) is 11.5. The van der Waals surface area contributed by atoms with E-state index in [1.54, 1.807) is 19.2 Å². The van der Waals surface area contributed by atoms with Crippen LogP contribution in [0.15, 0.2) is 47.6 Å². The molecule has 0 aliphatic carbocycles. The lowest BCUT2D eigenvalue weighted by molar-refractivity contribution is -0.132. The molecule has 0 saturated carbocycles. The number of carbonyl (C=O) groups is 2. The number of benzene rings is 2. The fourth-order valence-corrected chi connectivity index (χ4v) is 3.92. The molecular formula is C26H33N3O4. The van der Waals surface area contributed by atoms with Crippen molar-refractivity contribution in [3.8, 4) is 11.5 Å². The number of hydrazone groups is 1. The Hall–Kier alpha value is -3.35. The van der Waals surface area contributed by atoms with Crippen LogP contribution >= 0.6 is 0 Å². The molecule has 0 aromatic heterocycles. The maximum absolute atomic E-state index is 12.7. The summed E-state index contributed by atoms with van der Waals surface area (Å²) in [5.41, 5.74) is 3.69. The Labute approximate surface area is 195 Å². The van der Waals surface area contributed by atoms with Gasteiger partial charge in [0.1, 0.15) is 0 Å². The maximum Gasteiger partial charge on any atom is 0.243 e. The Morgan fingerprint density at radius 1 is 1.09 bits per heavy atom. The molecule has 0 fully saturated rings. The summed E-state index contributed by atoms with van der Waals surface area (Å²) in [7, 11) is 3.22. The molecule has 176 valence electrons. The Morgan fingerprint density at radius 2 is 1.82 bits per heavy atom. The Kier molecular flexibility index (Phi) is 8.46. The highest BCUT2D eigenvalue weighted by molar-refractivity contribution is 6.06. The minimum absolute atomic E-state index is 0.0201. The van der Waals surface area contributed by atoms with Crippen molar-refractivity contribution in [3.05, 3.63) is 53.6 Å². The van der Waals surface area contributed by atoms with Crippen LogP contribution in [0.25, 0.3) is 0 Å². The molecule has 1 aliphatic heterocycles. The first-order valence-corrected chi connectivity index (χ1v) is 11.5. The van der Waals surface area contributed by atoms with E-state index in [1.165, 1.54) is 0 Å². The zero-order chi connectivity index (χ0) is 23.8. The summed E-state index contributed by atoms with van der Waals surface area (Å²) in [6.45, 7) is 4.55. The molecule has 2 aromatic rings. The predicted molar refractivity (Wildman–Crippen MR) is 130 cm³/mol. The van der Waals surface area contributed by atoms with Crippen molar-refractivity contribution < 1.29 is 19.1 Å². The number of rotatable bonds is 10. The summed E-state index contributed by atoms with van der Waals surface area (Å²) >= 11 is 0. The van der Waals surface area contributed by atoms with Gasteiger partial charge in [-0.1, -0.05) is 26.0 Å². The van der Waals surface area contributed by atoms with Crippen LogP contribution in [0.4, 0.5) is 5.69 Å². The molecule has 2 amide bonds. The molecule has 1 aliphatic rings. The van der Waals surface area contributed by atoms with E-state index in [9.17, 15) is 9.59 Å². The zero-order valence-electron chi connectivity index (χ0n) is 19.9. The van der Waals surface area contributed by atoms with Crippen molar-refractivity contribution in [2.75, 3.05) is 26.1 Å². The van der Waals surface area contributed by atoms with Crippen LogP contribution in [-0.2, 0) is 16.0 Å². The summed E-state index contributed by atoms with van der Waals surface area (Å²) in [6.07, 6.45) is 3.27. The quantitative estimate of drug-likeness (QED) is 0.570. The van der Waals surface area contributed by atoms with E-state index >= 15 is 0 Å². The number of amides is 2. The minimum atomic E-state index is 0.0201. The molecular weight excluding hydrogens is 418 g/mol. The highest BCUT2D eigenvalue weighted by Gasteiger charge is 2.29. The smallest absolute Gasteiger partial charge is 0.243 e. The van der Waals surface area contributed by atoms with E-state index in [-0.39, 0.29) is 17.7 Å². The molecule has 2 aromatic carbocycles. The van der Waals surface area contributed by atoms with Gasteiger partial charge in [0.05, 0.1) is 19.9 Å². The van der Waals surface area contributed by atoms with Crippen LogP contribution in [0.3, 0.4) is 0 Å². The summed E-state index contributed by atoms with van der Waals surface area (Å²) < 4.78 is 10.8. The first kappa shape index (κ1) is 24.3. The normalized spacial score (nSPS) is 15.8. The van der Waals surface area contributed by atoms with Crippen molar-refractivity contribution in [2.24, 2.45) is 11.0 Å². The number of carbonyl (C=O) groups excluding carboxylic acids is 2. The molecule has 3 rings (SSSR count). The van der Waals surface area contributed by atoms with Crippen molar-refractivity contribution >= 4 is 23.2 Å². The van der Waals surface area contributed by atoms with Gasteiger partial charge in [0.2, 0.25) is 11.8 Å². The molecule has 1 unspecified atom stereocenters. The Morgan fingerprint density at radius 3 is 2.45 bits per heavy atom. The second-order valence-corrected chi connectivity index (χ2v) is 8.13. The van der Waals surface area contributed by atoms with Crippen molar-refractivity contribution in [1.82, 2.24) is 5.01 Å². The van der Waals surface area contributed by atoms with E-state index in [4.69, 9.17) is 14.6 Å². The van der Waals surface area contributed by atoms with Gasteiger partial charge in [0.15, 0.2) is 11.5 Å². The molecule has 0 spiro atoms. The van der Waals surface area contributed by atoms with Crippen LogP contribution in [0, 0.1) is 5.92 Å². The molecule has 1 N–H and O–H groups in total. The fraction of sp³-hybridized carbons (Fsp3) is 0.423. The first-order valence-electron chi connectivity index (χ1n) is 11.5. The number of methoxy groups -OCH3 is 2. The number of ether oxygens (including phenoxy) is 2. The van der Waals surface area contributed by atoms with Gasteiger partial charge < -0.3 is 14.8 Å². The number of anilines is 1. The van der Waals surface area contributed by atoms with E-state index in [0.29, 0.717) is 37.3 Å². The summed E-state index contributed by atoms with van der Waals surface area (Å²) in [6, 6.07) is 13.5. The van der Waals surface area contributed by atoms with Crippen LogP contribution in [0.2, 0.25) is 0 Å². The first-order chi connectivity index (χ1) is 16.0. The minimum Gasteiger partial charge on any atom is -0.493 e. The molecule has 7 nitrogen and oxygen atoms in total. The Bertz CT molecular complexity index is 1000. The van der Waals surface area contributed by atoms with Gasteiger partial charge in [-0.2, -0.15) is 5.10 Å². The van der Waals surface area contributed by atoms with Crippen LogP contribution in [0.5, 0.6) is 11.5 Å². The van der Waals surface area contributed by atoms with E-state index < -0.39 is 0 Å². The average molecular weight is 452 g/mol. The Balaban J connectivity index is 1.73. The number of nitrogens with one attached hydrogen (secondary N) is 1. The van der Waals surface area contributed by atoms with Crippen molar-refractivity contribution in [2.45, 2.75) is 46.0 Å². The van der Waals surface area contributed by atoms with Crippen LogP contribution in [-0.4, -0.2) is 43.3 Å². The number of hydrogen-bond acceptors (Lipinski definition) is 5. The third-order valence-corrected chi connectivity index (χ3v) is 5.82. The topological polar surface area (TPSA) is 80.2 Å². The van der Waals surface area contributed by atoms with E-state index in [0.717, 1.165) is 35.4 Å².